The first-order valence-electron chi connectivity index (χ1n) is 7.09. The summed E-state index contributed by atoms with van der Waals surface area (Å²) in [6.07, 6.45) is 3.18. The normalized spacial score (nSPS) is 18.7. The first-order valence-corrected chi connectivity index (χ1v) is 7.47. The molecule has 116 valence electrons. The Labute approximate surface area is 130 Å². The lowest BCUT2D eigenvalue weighted by molar-refractivity contribution is 0.0187. The Balaban J connectivity index is 1.90. The van der Waals surface area contributed by atoms with Gasteiger partial charge >= 0.3 is 6.09 Å². The highest BCUT2D eigenvalue weighted by Crippen LogP contribution is 2.22. The van der Waals surface area contributed by atoms with Crippen LogP contribution < -0.4 is 4.74 Å². The van der Waals surface area contributed by atoms with Gasteiger partial charge in [-0.3, -0.25) is 0 Å². The average molecular weight is 313 g/mol. The van der Waals surface area contributed by atoms with Crippen molar-refractivity contribution in [3.63, 3.8) is 0 Å². The van der Waals surface area contributed by atoms with Crippen molar-refractivity contribution in [2.24, 2.45) is 0 Å². The van der Waals surface area contributed by atoms with E-state index in [4.69, 9.17) is 21.1 Å². The molecule has 0 aromatic carbocycles. The van der Waals surface area contributed by atoms with E-state index in [2.05, 4.69) is 4.98 Å². The summed E-state index contributed by atoms with van der Waals surface area (Å²) in [6.45, 7) is 6.74. The second-order valence-corrected chi connectivity index (χ2v) is 6.48. The Kier molecular flexibility index (Phi) is 4.93. The molecule has 0 bridgehead atoms. The molecule has 0 N–H and O–H groups in total. The van der Waals surface area contributed by atoms with Gasteiger partial charge in [-0.15, -0.1) is 0 Å². The predicted molar refractivity (Wildman–Crippen MR) is 80.7 cm³/mol. The van der Waals surface area contributed by atoms with Crippen LogP contribution in [0, 0.1) is 0 Å². The standard InChI is InChI=1S/C15H21ClN2O3/c1-15(2,3)21-14(19)18-8-4-5-11(18)10-20-12-6-7-13(16)17-9-12/h6-7,9,11H,4-5,8,10H2,1-3H3/t11-/m0/s1. The molecule has 1 aliphatic rings. The molecule has 5 nitrogen and oxygen atoms in total. The summed E-state index contributed by atoms with van der Waals surface area (Å²) in [4.78, 5) is 17.9. The van der Waals surface area contributed by atoms with Gasteiger partial charge in [0.15, 0.2) is 0 Å². The lowest BCUT2D eigenvalue weighted by atomic mass is 10.2. The van der Waals surface area contributed by atoms with E-state index in [0.29, 0.717) is 24.1 Å². The molecule has 1 aromatic rings. The van der Waals surface area contributed by atoms with Gasteiger partial charge in [0, 0.05) is 6.54 Å². The van der Waals surface area contributed by atoms with Gasteiger partial charge in [-0.25, -0.2) is 9.78 Å². The molecule has 1 amide bonds. The Morgan fingerprint density at radius 3 is 2.86 bits per heavy atom. The van der Waals surface area contributed by atoms with Crippen LogP contribution in [0.15, 0.2) is 18.3 Å². The molecule has 2 heterocycles. The zero-order chi connectivity index (χ0) is 15.5. The summed E-state index contributed by atoms with van der Waals surface area (Å²) in [5.74, 6) is 0.649. The minimum Gasteiger partial charge on any atom is -0.490 e. The van der Waals surface area contributed by atoms with E-state index in [0.717, 1.165) is 12.8 Å². The first kappa shape index (κ1) is 15.9. The zero-order valence-corrected chi connectivity index (χ0v) is 13.4. The van der Waals surface area contributed by atoms with Crippen LogP contribution in [0.5, 0.6) is 5.75 Å². The third kappa shape index (κ3) is 4.77. The van der Waals surface area contributed by atoms with Crippen molar-refractivity contribution in [2.75, 3.05) is 13.2 Å². The van der Waals surface area contributed by atoms with Crippen molar-refractivity contribution in [1.29, 1.82) is 0 Å². The molecule has 0 spiro atoms. The molecule has 2 rings (SSSR count). The van der Waals surface area contributed by atoms with Gasteiger partial charge in [0.1, 0.15) is 23.1 Å². The third-order valence-electron chi connectivity index (χ3n) is 3.15. The van der Waals surface area contributed by atoms with Gasteiger partial charge in [0.25, 0.3) is 0 Å². The second kappa shape index (κ2) is 6.52. The van der Waals surface area contributed by atoms with Crippen LogP contribution in [0.2, 0.25) is 5.15 Å². The number of carbonyl (C=O) groups is 1. The zero-order valence-electron chi connectivity index (χ0n) is 12.6. The molecule has 1 fully saturated rings. The van der Waals surface area contributed by atoms with Crippen LogP contribution in [0.4, 0.5) is 4.79 Å². The molecule has 0 saturated carbocycles. The van der Waals surface area contributed by atoms with E-state index in [9.17, 15) is 4.79 Å². The SMILES string of the molecule is CC(C)(C)OC(=O)N1CCC[C@H]1COc1ccc(Cl)nc1. The summed E-state index contributed by atoms with van der Waals surface area (Å²) in [6, 6.07) is 3.48. The molecule has 6 heteroatoms. The van der Waals surface area contributed by atoms with Crippen molar-refractivity contribution in [3.05, 3.63) is 23.5 Å². The monoisotopic (exact) mass is 312 g/mol. The van der Waals surface area contributed by atoms with Gasteiger partial charge in [-0.05, 0) is 45.7 Å². The van der Waals surface area contributed by atoms with Crippen LogP contribution in [0.25, 0.3) is 0 Å². The van der Waals surface area contributed by atoms with Crippen LogP contribution in [0.1, 0.15) is 33.6 Å². The fraction of sp³-hybridized carbons (Fsp3) is 0.600. The molecule has 0 unspecified atom stereocenters. The fourth-order valence-electron chi connectivity index (χ4n) is 2.21. The van der Waals surface area contributed by atoms with Gasteiger partial charge in [-0.1, -0.05) is 11.6 Å². The Bertz CT molecular complexity index is 485. The maximum Gasteiger partial charge on any atom is 0.410 e. The van der Waals surface area contributed by atoms with Crippen LogP contribution in [-0.2, 0) is 4.74 Å². The third-order valence-corrected chi connectivity index (χ3v) is 3.37. The largest absolute Gasteiger partial charge is 0.490 e. The molecule has 1 atom stereocenters. The number of halogens is 1. The van der Waals surface area contributed by atoms with Gasteiger partial charge in [0.2, 0.25) is 0 Å². The number of aromatic nitrogens is 1. The quantitative estimate of drug-likeness (QED) is 0.801. The van der Waals surface area contributed by atoms with E-state index in [1.165, 1.54) is 0 Å². The highest BCUT2D eigenvalue weighted by atomic mass is 35.5. The fourth-order valence-corrected chi connectivity index (χ4v) is 2.32. The molecule has 21 heavy (non-hydrogen) atoms. The number of rotatable bonds is 3. The van der Waals surface area contributed by atoms with Crippen LogP contribution >= 0.6 is 11.6 Å². The average Bonchev–Trinajstić information content (AvgIpc) is 2.84. The summed E-state index contributed by atoms with van der Waals surface area (Å²) in [7, 11) is 0. The molecule has 0 aliphatic carbocycles. The molecular formula is C15H21ClN2O3. The number of ether oxygens (including phenoxy) is 2. The summed E-state index contributed by atoms with van der Waals surface area (Å²) >= 11 is 5.73. The molecule has 1 aromatic heterocycles. The smallest absolute Gasteiger partial charge is 0.410 e. The maximum absolute atomic E-state index is 12.1. The van der Waals surface area contributed by atoms with Crippen molar-refractivity contribution in [2.45, 2.75) is 45.3 Å². The van der Waals surface area contributed by atoms with E-state index < -0.39 is 5.60 Å². The van der Waals surface area contributed by atoms with Crippen molar-refractivity contribution in [3.8, 4) is 5.75 Å². The van der Waals surface area contributed by atoms with Crippen molar-refractivity contribution >= 4 is 17.7 Å². The minimum atomic E-state index is -0.481. The van der Waals surface area contributed by atoms with E-state index in [1.54, 1.807) is 23.2 Å². The van der Waals surface area contributed by atoms with Crippen LogP contribution in [-0.4, -0.2) is 40.8 Å². The van der Waals surface area contributed by atoms with E-state index >= 15 is 0 Å². The number of hydrogen-bond donors (Lipinski definition) is 0. The number of amides is 1. The Morgan fingerprint density at radius 2 is 2.24 bits per heavy atom. The highest BCUT2D eigenvalue weighted by molar-refractivity contribution is 6.29. The van der Waals surface area contributed by atoms with Gasteiger partial charge < -0.3 is 14.4 Å². The molecule has 0 radical (unpaired) electrons. The van der Waals surface area contributed by atoms with Crippen molar-refractivity contribution < 1.29 is 14.3 Å². The lowest BCUT2D eigenvalue weighted by Gasteiger charge is -2.28. The van der Waals surface area contributed by atoms with E-state index in [1.807, 2.05) is 20.8 Å². The highest BCUT2D eigenvalue weighted by Gasteiger charge is 2.32. The maximum atomic E-state index is 12.1. The first-order chi connectivity index (χ1) is 9.85. The number of hydrogen-bond acceptors (Lipinski definition) is 4. The summed E-state index contributed by atoms with van der Waals surface area (Å²) < 4.78 is 11.1. The molecular weight excluding hydrogens is 292 g/mol. The van der Waals surface area contributed by atoms with Gasteiger partial charge in [-0.2, -0.15) is 0 Å². The minimum absolute atomic E-state index is 0.0375. The molecule has 1 aliphatic heterocycles. The summed E-state index contributed by atoms with van der Waals surface area (Å²) in [5, 5.41) is 0.429. The number of pyridine rings is 1. The topological polar surface area (TPSA) is 51.7 Å². The Hall–Kier alpha value is -1.49. The lowest BCUT2D eigenvalue weighted by Crippen LogP contribution is -2.42. The van der Waals surface area contributed by atoms with Crippen LogP contribution in [0.3, 0.4) is 0 Å². The van der Waals surface area contributed by atoms with E-state index in [-0.39, 0.29) is 12.1 Å². The Morgan fingerprint density at radius 1 is 1.48 bits per heavy atom. The number of carbonyl (C=O) groups excluding carboxylic acids is 1. The molecule has 1 saturated heterocycles. The summed E-state index contributed by atoms with van der Waals surface area (Å²) in [5.41, 5.74) is -0.481. The number of nitrogens with zero attached hydrogens (tertiary/aromatic N) is 2. The number of likely N-dealkylation sites (tertiary alicyclic amines) is 1. The van der Waals surface area contributed by atoms with Crippen molar-refractivity contribution in [1.82, 2.24) is 9.88 Å². The second-order valence-electron chi connectivity index (χ2n) is 6.10. The predicted octanol–water partition coefficient (Wildman–Crippen LogP) is 3.51. The van der Waals surface area contributed by atoms with Gasteiger partial charge in [0.05, 0.1) is 12.2 Å².